The molecule has 0 aliphatic rings. The van der Waals surface area contributed by atoms with Gasteiger partial charge in [0.05, 0.1) is 0 Å². The molecule has 1 amide bonds. The van der Waals surface area contributed by atoms with Crippen molar-refractivity contribution in [2.24, 2.45) is 11.7 Å². The molecule has 1 aromatic carbocycles. The van der Waals surface area contributed by atoms with E-state index in [0.717, 1.165) is 12.3 Å². The van der Waals surface area contributed by atoms with Crippen LogP contribution in [-0.4, -0.2) is 5.91 Å². The van der Waals surface area contributed by atoms with E-state index < -0.39 is 0 Å². The van der Waals surface area contributed by atoms with E-state index in [2.05, 4.69) is 27.7 Å². The van der Waals surface area contributed by atoms with Crippen molar-refractivity contribution in [3.63, 3.8) is 0 Å². The number of carbonyl (C=O) groups excluding carboxylic acids is 1. The lowest BCUT2D eigenvalue weighted by Gasteiger charge is -1.96. The fourth-order valence-electron chi connectivity index (χ4n) is 0.905. The highest BCUT2D eigenvalue weighted by Gasteiger charge is 1.97. The van der Waals surface area contributed by atoms with Crippen LogP contribution in [0.1, 0.15) is 50.0 Å². The first-order valence-corrected chi connectivity index (χ1v) is 5.89. The highest BCUT2D eigenvalue weighted by atomic mass is 16.1. The summed E-state index contributed by atoms with van der Waals surface area (Å²) in [5.74, 6) is 0.516. The molecule has 0 radical (unpaired) electrons. The van der Waals surface area contributed by atoms with E-state index in [1.165, 1.54) is 12.0 Å². The van der Waals surface area contributed by atoms with Crippen molar-refractivity contribution in [2.45, 2.75) is 40.5 Å². The first kappa shape index (κ1) is 14.7. The van der Waals surface area contributed by atoms with E-state index in [-0.39, 0.29) is 5.91 Å². The second kappa shape index (κ2) is 7.91. The van der Waals surface area contributed by atoms with Crippen LogP contribution in [0.3, 0.4) is 0 Å². The van der Waals surface area contributed by atoms with E-state index in [1.807, 2.05) is 12.1 Å². The van der Waals surface area contributed by atoms with E-state index in [4.69, 9.17) is 5.73 Å². The van der Waals surface area contributed by atoms with Crippen molar-refractivity contribution in [3.05, 3.63) is 35.4 Å². The number of carbonyl (C=O) groups is 1. The molecule has 2 heteroatoms. The van der Waals surface area contributed by atoms with Gasteiger partial charge in [-0.25, -0.2) is 0 Å². The average molecular weight is 221 g/mol. The summed E-state index contributed by atoms with van der Waals surface area (Å²) in [4.78, 5) is 10.6. The minimum absolute atomic E-state index is 0.368. The average Bonchev–Trinajstić information content (AvgIpc) is 2.29. The van der Waals surface area contributed by atoms with Gasteiger partial charge in [-0.2, -0.15) is 0 Å². The number of amides is 1. The molecule has 90 valence electrons. The Morgan fingerprint density at radius 2 is 1.62 bits per heavy atom. The van der Waals surface area contributed by atoms with Crippen LogP contribution in [0.2, 0.25) is 0 Å². The standard InChI is InChI=1S/C9H11NO.C5H12/c1-2-7-3-5-8(6-4-7)9(10)11;1-4-5(2)3/h3-6H,2H2,1H3,(H2,10,11);5H,4H2,1-3H3. The van der Waals surface area contributed by atoms with Gasteiger partial charge in [0.25, 0.3) is 0 Å². The molecule has 16 heavy (non-hydrogen) atoms. The van der Waals surface area contributed by atoms with Crippen LogP contribution in [0.15, 0.2) is 24.3 Å². The summed E-state index contributed by atoms with van der Waals surface area (Å²) in [6, 6.07) is 7.34. The largest absolute Gasteiger partial charge is 0.366 e. The lowest BCUT2D eigenvalue weighted by Crippen LogP contribution is -2.10. The first-order valence-electron chi connectivity index (χ1n) is 5.89. The summed E-state index contributed by atoms with van der Waals surface area (Å²) >= 11 is 0. The fraction of sp³-hybridized carbons (Fsp3) is 0.500. The Labute approximate surface area is 98.9 Å². The zero-order valence-corrected chi connectivity index (χ0v) is 10.8. The van der Waals surface area contributed by atoms with Crippen LogP contribution in [0.25, 0.3) is 0 Å². The molecular formula is C14H23NO. The van der Waals surface area contributed by atoms with Crippen molar-refractivity contribution >= 4 is 5.91 Å². The van der Waals surface area contributed by atoms with Gasteiger partial charge in [-0.15, -0.1) is 0 Å². The van der Waals surface area contributed by atoms with Gasteiger partial charge in [-0.1, -0.05) is 46.2 Å². The minimum Gasteiger partial charge on any atom is -0.366 e. The van der Waals surface area contributed by atoms with Gasteiger partial charge in [-0.3, -0.25) is 4.79 Å². The highest BCUT2D eigenvalue weighted by molar-refractivity contribution is 5.92. The lowest BCUT2D eigenvalue weighted by molar-refractivity contribution is 0.100. The Morgan fingerprint density at radius 3 is 1.88 bits per heavy atom. The van der Waals surface area contributed by atoms with Gasteiger partial charge in [0.1, 0.15) is 0 Å². The normalized spacial score (nSPS) is 9.56. The molecule has 0 saturated carbocycles. The zero-order chi connectivity index (χ0) is 12.6. The van der Waals surface area contributed by atoms with Crippen LogP contribution in [0.4, 0.5) is 0 Å². The van der Waals surface area contributed by atoms with E-state index in [1.54, 1.807) is 12.1 Å². The Kier molecular flexibility index (Phi) is 7.27. The monoisotopic (exact) mass is 221 g/mol. The molecule has 0 spiro atoms. The van der Waals surface area contributed by atoms with Crippen molar-refractivity contribution in [1.29, 1.82) is 0 Å². The minimum atomic E-state index is -0.368. The van der Waals surface area contributed by atoms with Crippen LogP contribution in [0.5, 0.6) is 0 Å². The summed E-state index contributed by atoms with van der Waals surface area (Å²) in [5.41, 5.74) is 6.86. The number of aryl methyl sites for hydroxylation is 1. The van der Waals surface area contributed by atoms with Gasteiger partial charge >= 0.3 is 0 Å². The molecular weight excluding hydrogens is 198 g/mol. The van der Waals surface area contributed by atoms with Gasteiger partial charge < -0.3 is 5.73 Å². The van der Waals surface area contributed by atoms with Crippen molar-refractivity contribution in [1.82, 2.24) is 0 Å². The van der Waals surface area contributed by atoms with Crippen LogP contribution < -0.4 is 5.73 Å². The molecule has 0 unspecified atom stereocenters. The molecule has 0 aliphatic carbocycles. The van der Waals surface area contributed by atoms with E-state index >= 15 is 0 Å². The molecule has 0 saturated heterocycles. The molecule has 0 fully saturated rings. The maximum absolute atomic E-state index is 10.6. The Hall–Kier alpha value is -1.31. The molecule has 0 aromatic heterocycles. The second-order valence-electron chi connectivity index (χ2n) is 4.22. The zero-order valence-electron chi connectivity index (χ0n) is 10.8. The van der Waals surface area contributed by atoms with Gasteiger partial charge in [0, 0.05) is 5.56 Å². The predicted octanol–water partition coefficient (Wildman–Crippen LogP) is 3.40. The highest BCUT2D eigenvalue weighted by Crippen LogP contribution is 2.03. The van der Waals surface area contributed by atoms with E-state index in [0.29, 0.717) is 5.56 Å². The lowest BCUT2D eigenvalue weighted by atomic mass is 10.1. The number of benzene rings is 1. The Morgan fingerprint density at radius 1 is 1.19 bits per heavy atom. The molecule has 0 heterocycles. The SMILES string of the molecule is CCC(C)C.CCc1ccc(C(N)=O)cc1. The Balaban J connectivity index is 0.000000385. The molecule has 0 atom stereocenters. The fourth-order valence-corrected chi connectivity index (χ4v) is 0.905. The predicted molar refractivity (Wildman–Crippen MR) is 69.5 cm³/mol. The first-order chi connectivity index (χ1) is 7.51. The van der Waals surface area contributed by atoms with Gasteiger partial charge in [0.15, 0.2) is 0 Å². The number of hydrogen-bond acceptors (Lipinski definition) is 1. The van der Waals surface area contributed by atoms with Crippen LogP contribution in [0, 0.1) is 5.92 Å². The third kappa shape index (κ3) is 6.23. The smallest absolute Gasteiger partial charge is 0.248 e. The van der Waals surface area contributed by atoms with Crippen LogP contribution in [-0.2, 0) is 6.42 Å². The van der Waals surface area contributed by atoms with Gasteiger partial charge in [0.2, 0.25) is 5.91 Å². The number of primary amides is 1. The molecule has 2 nitrogen and oxygen atoms in total. The maximum atomic E-state index is 10.6. The van der Waals surface area contributed by atoms with Crippen molar-refractivity contribution < 1.29 is 4.79 Å². The summed E-state index contributed by atoms with van der Waals surface area (Å²) in [6.45, 7) is 8.71. The summed E-state index contributed by atoms with van der Waals surface area (Å²) in [6.07, 6.45) is 2.29. The topological polar surface area (TPSA) is 43.1 Å². The number of nitrogens with two attached hydrogens (primary N) is 1. The quantitative estimate of drug-likeness (QED) is 0.835. The number of hydrogen-bond donors (Lipinski definition) is 1. The third-order valence-electron chi connectivity index (χ3n) is 2.46. The summed E-state index contributed by atoms with van der Waals surface area (Å²) in [5, 5.41) is 0. The molecule has 0 bridgehead atoms. The second-order valence-corrected chi connectivity index (χ2v) is 4.22. The van der Waals surface area contributed by atoms with Gasteiger partial charge in [-0.05, 0) is 30.0 Å². The van der Waals surface area contributed by atoms with E-state index in [9.17, 15) is 4.79 Å². The molecule has 2 N–H and O–H groups in total. The molecule has 0 aliphatic heterocycles. The van der Waals surface area contributed by atoms with Crippen molar-refractivity contribution in [3.8, 4) is 0 Å². The van der Waals surface area contributed by atoms with Crippen LogP contribution >= 0.6 is 0 Å². The van der Waals surface area contributed by atoms with Crippen molar-refractivity contribution in [2.75, 3.05) is 0 Å². The summed E-state index contributed by atoms with van der Waals surface area (Å²) in [7, 11) is 0. The third-order valence-corrected chi connectivity index (χ3v) is 2.46. The molecule has 1 aromatic rings. The maximum Gasteiger partial charge on any atom is 0.248 e. The Bertz CT molecular complexity index is 301. The molecule has 1 rings (SSSR count). The summed E-state index contributed by atoms with van der Waals surface area (Å²) < 4.78 is 0. The number of rotatable bonds is 3.